The molecule has 0 aromatic carbocycles. The molecule has 7 nitrogen and oxygen atoms in total. The van der Waals surface area contributed by atoms with Crippen molar-refractivity contribution in [1.82, 2.24) is 24.6 Å². The van der Waals surface area contributed by atoms with Crippen LogP contribution in [0.1, 0.15) is 81.7 Å². The van der Waals surface area contributed by atoms with Crippen LogP contribution in [0.25, 0.3) is 0 Å². The first-order chi connectivity index (χ1) is 14.2. The van der Waals surface area contributed by atoms with Crippen LogP contribution in [-0.4, -0.2) is 43.2 Å². The second-order valence-electron chi connectivity index (χ2n) is 8.06. The van der Waals surface area contributed by atoms with Crippen LogP contribution in [0.15, 0.2) is 24.5 Å². The summed E-state index contributed by atoms with van der Waals surface area (Å²) < 4.78 is 8.13. The van der Waals surface area contributed by atoms with E-state index in [1.54, 1.807) is 6.20 Å². The second-order valence-corrected chi connectivity index (χ2v) is 8.06. The summed E-state index contributed by atoms with van der Waals surface area (Å²) in [5.74, 6) is 1.78. The molecule has 0 bridgehead atoms. The van der Waals surface area contributed by atoms with Crippen molar-refractivity contribution in [2.45, 2.75) is 83.5 Å². The summed E-state index contributed by atoms with van der Waals surface area (Å²) in [6.45, 7) is 5.24. The molecule has 2 aromatic rings. The molecule has 156 valence electrons. The average Bonchev–Trinajstić information content (AvgIpc) is 3.50. The molecule has 2 aliphatic rings. The van der Waals surface area contributed by atoms with E-state index >= 15 is 0 Å². The molecule has 2 fully saturated rings. The number of aryl methyl sites for hydroxylation is 2. The lowest BCUT2D eigenvalue weighted by molar-refractivity contribution is -0.160. The van der Waals surface area contributed by atoms with E-state index in [2.05, 4.69) is 18.8 Å². The van der Waals surface area contributed by atoms with E-state index in [4.69, 9.17) is 14.8 Å². The smallest absolute Gasteiger partial charge is 0.249 e. The summed E-state index contributed by atoms with van der Waals surface area (Å²) in [6.07, 6.45) is 10.7. The lowest BCUT2D eigenvalue weighted by Crippen LogP contribution is -2.47. The van der Waals surface area contributed by atoms with Crippen LogP contribution in [0.3, 0.4) is 0 Å². The monoisotopic (exact) mass is 397 g/mol. The van der Waals surface area contributed by atoms with E-state index in [1.165, 1.54) is 12.8 Å². The van der Waals surface area contributed by atoms with E-state index in [1.807, 2.05) is 27.9 Å². The van der Waals surface area contributed by atoms with Gasteiger partial charge in [-0.25, -0.2) is 9.67 Å². The van der Waals surface area contributed by atoms with Gasteiger partial charge in [-0.2, -0.15) is 5.10 Å². The van der Waals surface area contributed by atoms with Gasteiger partial charge in [0.2, 0.25) is 5.91 Å². The minimum atomic E-state index is -0.323. The van der Waals surface area contributed by atoms with Gasteiger partial charge in [0.1, 0.15) is 12.7 Å². The number of morpholine rings is 1. The van der Waals surface area contributed by atoms with Crippen molar-refractivity contribution in [3.05, 3.63) is 41.7 Å². The number of hydrogen-bond acceptors (Lipinski definition) is 5. The SMILES string of the molecule is CCCCCc1nc([C@H]2OCC(=O)N(C3CC3)[C@@H]2c2cccnc2)n(CCC)n1. The third-order valence-electron chi connectivity index (χ3n) is 5.67. The fraction of sp³-hybridized carbons (Fsp3) is 0.636. The fourth-order valence-corrected chi connectivity index (χ4v) is 4.14. The predicted octanol–water partition coefficient (Wildman–Crippen LogP) is 3.62. The summed E-state index contributed by atoms with van der Waals surface area (Å²) in [5, 5.41) is 4.79. The molecule has 0 spiro atoms. The normalized spacial score (nSPS) is 22.3. The maximum Gasteiger partial charge on any atom is 0.249 e. The van der Waals surface area contributed by atoms with Crippen molar-refractivity contribution >= 4 is 5.91 Å². The Labute approximate surface area is 172 Å². The standard InChI is InChI=1S/C22H31N5O2/c1-3-5-6-9-18-24-22(26(25-18)13-4-2)21-20(16-8-7-12-23-14-16)27(17-10-11-17)19(28)15-29-21/h7-8,12,14,17,20-21H,3-6,9-11,13,15H2,1-2H3/t20-,21+/m1/s1. The molecular formula is C22H31N5O2. The molecule has 4 rings (SSSR count). The Balaban J connectivity index is 1.70. The van der Waals surface area contributed by atoms with Crippen molar-refractivity contribution in [3.8, 4) is 0 Å². The quantitative estimate of drug-likeness (QED) is 0.604. The van der Waals surface area contributed by atoms with Gasteiger partial charge >= 0.3 is 0 Å². The van der Waals surface area contributed by atoms with Gasteiger partial charge in [0.15, 0.2) is 11.6 Å². The average molecular weight is 398 g/mol. The number of unbranched alkanes of at least 4 members (excludes halogenated alkanes) is 2. The third kappa shape index (κ3) is 4.34. The van der Waals surface area contributed by atoms with Crippen molar-refractivity contribution in [1.29, 1.82) is 0 Å². The number of nitrogens with zero attached hydrogens (tertiary/aromatic N) is 5. The molecule has 0 unspecified atom stereocenters. The number of aromatic nitrogens is 4. The molecule has 0 N–H and O–H groups in total. The summed E-state index contributed by atoms with van der Waals surface area (Å²) >= 11 is 0. The molecule has 1 aliphatic carbocycles. The fourth-order valence-electron chi connectivity index (χ4n) is 4.14. The van der Waals surface area contributed by atoms with Crippen molar-refractivity contribution in [3.63, 3.8) is 0 Å². The van der Waals surface area contributed by atoms with Gasteiger partial charge in [0.05, 0.1) is 6.04 Å². The van der Waals surface area contributed by atoms with Crippen LogP contribution in [0, 0.1) is 0 Å². The summed E-state index contributed by atoms with van der Waals surface area (Å²) in [5.41, 5.74) is 0.996. The van der Waals surface area contributed by atoms with Crippen LogP contribution < -0.4 is 0 Å². The van der Waals surface area contributed by atoms with Crippen LogP contribution in [0.4, 0.5) is 0 Å². The highest BCUT2D eigenvalue weighted by Crippen LogP contribution is 2.44. The molecule has 3 heterocycles. The first-order valence-electron chi connectivity index (χ1n) is 11.0. The van der Waals surface area contributed by atoms with Crippen LogP contribution in [0.5, 0.6) is 0 Å². The molecule has 1 aliphatic heterocycles. The number of carbonyl (C=O) groups excluding carboxylic acids is 1. The molecule has 29 heavy (non-hydrogen) atoms. The topological polar surface area (TPSA) is 73.1 Å². The number of amides is 1. The highest BCUT2D eigenvalue weighted by atomic mass is 16.5. The van der Waals surface area contributed by atoms with Crippen molar-refractivity contribution in [2.75, 3.05) is 6.61 Å². The van der Waals surface area contributed by atoms with Gasteiger partial charge in [0.25, 0.3) is 0 Å². The first kappa shape index (κ1) is 20.0. The maximum atomic E-state index is 12.8. The van der Waals surface area contributed by atoms with Gasteiger partial charge in [-0.05, 0) is 37.3 Å². The third-order valence-corrected chi connectivity index (χ3v) is 5.67. The molecule has 1 saturated carbocycles. The van der Waals surface area contributed by atoms with Crippen molar-refractivity contribution in [2.24, 2.45) is 0 Å². The Morgan fingerprint density at radius 2 is 2.07 bits per heavy atom. The van der Waals surface area contributed by atoms with Gasteiger partial charge < -0.3 is 9.64 Å². The van der Waals surface area contributed by atoms with Crippen LogP contribution >= 0.6 is 0 Å². The first-order valence-corrected chi connectivity index (χ1v) is 11.0. The Hall–Kier alpha value is -2.28. The Kier molecular flexibility index (Phi) is 6.23. The number of rotatable bonds is 9. The van der Waals surface area contributed by atoms with Gasteiger partial charge in [-0.1, -0.05) is 32.8 Å². The summed E-state index contributed by atoms with van der Waals surface area (Å²) in [4.78, 5) is 24.0. The lowest BCUT2D eigenvalue weighted by atomic mass is 9.98. The van der Waals surface area contributed by atoms with E-state index in [9.17, 15) is 4.79 Å². The molecule has 2 atom stereocenters. The summed E-state index contributed by atoms with van der Waals surface area (Å²) in [7, 11) is 0. The largest absolute Gasteiger partial charge is 0.358 e. The van der Waals surface area contributed by atoms with Gasteiger partial charge in [-0.3, -0.25) is 9.78 Å². The number of carbonyl (C=O) groups is 1. The second kappa shape index (κ2) is 9.03. The summed E-state index contributed by atoms with van der Waals surface area (Å²) in [6, 6.07) is 4.04. The minimum Gasteiger partial charge on any atom is -0.358 e. The number of ether oxygens (including phenoxy) is 1. The molecule has 2 aromatic heterocycles. The maximum absolute atomic E-state index is 12.8. The predicted molar refractivity (Wildman–Crippen MR) is 109 cm³/mol. The molecular weight excluding hydrogens is 366 g/mol. The molecule has 1 amide bonds. The Morgan fingerprint density at radius 1 is 1.21 bits per heavy atom. The van der Waals surface area contributed by atoms with Gasteiger partial charge in [-0.15, -0.1) is 0 Å². The van der Waals surface area contributed by atoms with E-state index < -0.39 is 0 Å². The van der Waals surface area contributed by atoms with Crippen LogP contribution in [-0.2, 0) is 22.5 Å². The lowest BCUT2D eigenvalue weighted by Gasteiger charge is -2.41. The Morgan fingerprint density at radius 3 is 2.76 bits per heavy atom. The van der Waals surface area contributed by atoms with Gasteiger partial charge in [0, 0.05) is 31.4 Å². The van der Waals surface area contributed by atoms with E-state index in [-0.39, 0.29) is 24.7 Å². The van der Waals surface area contributed by atoms with E-state index in [0.29, 0.717) is 6.04 Å². The minimum absolute atomic E-state index is 0.0577. The number of hydrogen-bond donors (Lipinski definition) is 0. The molecule has 0 radical (unpaired) electrons. The highest BCUT2D eigenvalue weighted by Gasteiger charge is 2.47. The van der Waals surface area contributed by atoms with E-state index in [0.717, 1.165) is 55.9 Å². The van der Waals surface area contributed by atoms with Crippen molar-refractivity contribution < 1.29 is 9.53 Å². The molecule has 1 saturated heterocycles. The van der Waals surface area contributed by atoms with Crippen LogP contribution in [0.2, 0.25) is 0 Å². The Bertz CT molecular complexity index is 818. The zero-order valence-electron chi connectivity index (χ0n) is 17.5. The molecule has 7 heteroatoms. The zero-order chi connectivity index (χ0) is 20.2. The number of pyridine rings is 1. The highest BCUT2D eigenvalue weighted by molar-refractivity contribution is 5.79. The zero-order valence-corrected chi connectivity index (χ0v) is 17.5.